The van der Waals surface area contributed by atoms with Gasteiger partial charge in [-0.1, -0.05) is 46.9 Å². The largest absolute Gasteiger partial charge is 0.380 e. The average Bonchev–Trinajstić information content (AvgIpc) is 2.63. The van der Waals surface area contributed by atoms with E-state index in [1.807, 2.05) is 0 Å². The molecule has 6 heteroatoms. The van der Waals surface area contributed by atoms with E-state index in [0.29, 0.717) is 26.6 Å². The number of nitrogens with zero attached hydrogens (tertiary/aromatic N) is 2. The van der Waals surface area contributed by atoms with Crippen LogP contribution in [0.2, 0.25) is 15.2 Å². The first kappa shape index (κ1) is 12.7. The van der Waals surface area contributed by atoms with Gasteiger partial charge in [0.25, 0.3) is 0 Å². The summed E-state index contributed by atoms with van der Waals surface area (Å²) in [6.07, 6.45) is 0.511. The van der Waals surface area contributed by atoms with Gasteiger partial charge < -0.3 is 9.67 Å². The van der Waals surface area contributed by atoms with E-state index in [1.54, 1.807) is 29.8 Å². The van der Waals surface area contributed by atoms with Crippen LogP contribution in [0.1, 0.15) is 17.5 Å². The van der Waals surface area contributed by atoms with Gasteiger partial charge in [-0.25, -0.2) is 4.98 Å². The van der Waals surface area contributed by atoms with E-state index in [2.05, 4.69) is 4.98 Å². The summed E-state index contributed by atoms with van der Waals surface area (Å²) >= 11 is 17.8. The van der Waals surface area contributed by atoms with E-state index in [9.17, 15) is 5.11 Å². The van der Waals surface area contributed by atoms with Crippen LogP contribution in [-0.2, 0) is 7.05 Å². The highest BCUT2D eigenvalue weighted by atomic mass is 35.5. The van der Waals surface area contributed by atoms with Gasteiger partial charge in [-0.2, -0.15) is 0 Å². The molecule has 3 nitrogen and oxygen atoms in total. The first-order chi connectivity index (χ1) is 8.02. The number of benzene rings is 1. The van der Waals surface area contributed by atoms with Gasteiger partial charge in [0.2, 0.25) is 0 Å². The van der Waals surface area contributed by atoms with Gasteiger partial charge in [-0.05, 0) is 6.07 Å². The Labute approximate surface area is 114 Å². The molecule has 1 aromatic carbocycles. The number of hydrogen-bond acceptors (Lipinski definition) is 2. The predicted molar refractivity (Wildman–Crippen MR) is 68.7 cm³/mol. The number of aliphatic hydroxyl groups is 1. The Kier molecular flexibility index (Phi) is 3.64. The van der Waals surface area contributed by atoms with Gasteiger partial charge in [0.15, 0.2) is 0 Å². The topological polar surface area (TPSA) is 38.0 Å². The molecule has 2 rings (SSSR count). The van der Waals surface area contributed by atoms with Crippen molar-refractivity contribution in [2.24, 2.45) is 7.05 Å². The molecule has 90 valence electrons. The first-order valence-corrected chi connectivity index (χ1v) is 5.95. The molecule has 1 heterocycles. The summed E-state index contributed by atoms with van der Waals surface area (Å²) in [5.74, 6) is 0.416. The molecule has 0 bridgehead atoms. The molecule has 1 unspecified atom stereocenters. The molecule has 17 heavy (non-hydrogen) atoms. The molecule has 0 amide bonds. The molecule has 0 aliphatic heterocycles. The number of halogens is 3. The molecule has 2 aromatic rings. The molecule has 0 saturated heterocycles. The zero-order valence-corrected chi connectivity index (χ0v) is 11.1. The molecule has 0 saturated carbocycles. The van der Waals surface area contributed by atoms with Crippen LogP contribution >= 0.6 is 34.8 Å². The fraction of sp³-hybridized carbons (Fsp3) is 0.182. The number of rotatable bonds is 2. The molecule has 0 fully saturated rings. The zero-order valence-electron chi connectivity index (χ0n) is 8.86. The molecule has 0 aliphatic carbocycles. The smallest absolute Gasteiger partial charge is 0.143 e. The van der Waals surface area contributed by atoms with Crippen LogP contribution in [0.4, 0.5) is 0 Å². The molecular formula is C11H9Cl3N2O. The van der Waals surface area contributed by atoms with Crippen LogP contribution in [0.3, 0.4) is 0 Å². The van der Waals surface area contributed by atoms with Crippen LogP contribution in [0.15, 0.2) is 24.4 Å². The Morgan fingerprint density at radius 3 is 2.59 bits per heavy atom. The highest BCUT2D eigenvalue weighted by molar-refractivity contribution is 6.42. The zero-order chi connectivity index (χ0) is 12.6. The molecule has 0 aliphatic rings. The highest BCUT2D eigenvalue weighted by Gasteiger charge is 2.20. The Hall–Kier alpha value is -0.740. The van der Waals surface area contributed by atoms with E-state index >= 15 is 0 Å². The third-order valence-electron chi connectivity index (χ3n) is 2.49. The van der Waals surface area contributed by atoms with Crippen molar-refractivity contribution >= 4 is 34.8 Å². The Morgan fingerprint density at radius 2 is 2.00 bits per heavy atom. The Balaban J connectivity index is 2.47. The fourth-order valence-corrected chi connectivity index (χ4v) is 2.07. The number of imidazole rings is 1. The first-order valence-electron chi connectivity index (χ1n) is 4.81. The molecule has 1 aromatic heterocycles. The molecule has 1 atom stereocenters. The monoisotopic (exact) mass is 290 g/mol. The van der Waals surface area contributed by atoms with Gasteiger partial charge in [-0.15, -0.1) is 0 Å². The maximum absolute atomic E-state index is 10.2. The Morgan fingerprint density at radius 1 is 1.29 bits per heavy atom. The lowest BCUT2D eigenvalue weighted by Gasteiger charge is -2.13. The lowest BCUT2D eigenvalue weighted by Crippen LogP contribution is -2.08. The summed E-state index contributed by atoms with van der Waals surface area (Å²) in [6, 6.07) is 5.07. The quantitative estimate of drug-likeness (QED) is 0.920. The minimum absolute atomic E-state index is 0.320. The average molecular weight is 292 g/mol. The van der Waals surface area contributed by atoms with E-state index in [1.165, 1.54) is 6.20 Å². The minimum Gasteiger partial charge on any atom is -0.380 e. The summed E-state index contributed by atoms with van der Waals surface area (Å²) in [5, 5.41) is 11.4. The summed E-state index contributed by atoms with van der Waals surface area (Å²) in [7, 11) is 1.71. The van der Waals surface area contributed by atoms with Crippen molar-refractivity contribution in [1.82, 2.24) is 9.55 Å². The second-order valence-electron chi connectivity index (χ2n) is 3.54. The van der Waals surface area contributed by atoms with Crippen molar-refractivity contribution in [3.63, 3.8) is 0 Å². The SMILES string of the molecule is Cn1c(Cl)cnc1C(O)c1cccc(Cl)c1Cl. The lowest BCUT2D eigenvalue weighted by molar-refractivity contribution is 0.206. The molecule has 0 spiro atoms. The van der Waals surface area contributed by atoms with Crippen LogP contribution in [-0.4, -0.2) is 14.7 Å². The van der Waals surface area contributed by atoms with Crippen LogP contribution in [0.25, 0.3) is 0 Å². The van der Waals surface area contributed by atoms with Crippen LogP contribution < -0.4 is 0 Å². The normalized spacial score (nSPS) is 12.8. The van der Waals surface area contributed by atoms with Crippen molar-refractivity contribution in [2.45, 2.75) is 6.10 Å². The second kappa shape index (κ2) is 4.86. The third-order valence-corrected chi connectivity index (χ3v) is 3.67. The maximum atomic E-state index is 10.2. The van der Waals surface area contributed by atoms with E-state index < -0.39 is 6.10 Å². The van der Waals surface area contributed by atoms with E-state index in [-0.39, 0.29) is 0 Å². The third kappa shape index (κ3) is 2.29. The van der Waals surface area contributed by atoms with E-state index in [0.717, 1.165) is 0 Å². The molecule has 0 radical (unpaired) electrons. The maximum Gasteiger partial charge on any atom is 0.143 e. The van der Waals surface area contributed by atoms with Crippen molar-refractivity contribution in [2.75, 3.05) is 0 Å². The molecular weight excluding hydrogens is 282 g/mol. The van der Waals surface area contributed by atoms with Crippen molar-refractivity contribution in [3.8, 4) is 0 Å². The fourth-order valence-electron chi connectivity index (χ4n) is 1.53. The number of hydrogen-bond donors (Lipinski definition) is 1. The van der Waals surface area contributed by atoms with Crippen molar-refractivity contribution in [1.29, 1.82) is 0 Å². The van der Waals surface area contributed by atoms with Crippen molar-refractivity contribution < 1.29 is 5.11 Å². The summed E-state index contributed by atoms with van der Waals surface area (Å²) in [4.78, 5) is 4.04. The predicted octanol–water partition coefficient (Wildman–Crippen LogP) is 3.46. The lowest BCUT2D eigenvalue weighted by atomic mass is 10.1. The summed E-state index contributed by atoms with van der Waals surface area (Å²) in [5.41, 5.74) is 0.504. The second-order valence-corrected chi connectivity index (χ2v) is 4.72. The van der Waals surface area contributed by atoms with Gasteiger partial charge in [-0.3, -0.25) is 0 Å². The van der Waals surface area contributed by atoms with Gasteiger partial charge in [0, 0.05) is 12.6 Å². The highest BCUT2D eigenvalue weighted by Crippen LogP contribution is 2.32. The molecule has 1 N–H and O–H groups in total. The van der Waals surface area contributed by atoms with Gasteiger partial charge in [0.1, 0.15) is 17.1 Å². The van der Waals surface area contributed by atoms with Crippen LogP contribution in [0.5, 0.6) is 0 Å². The van der Waals surface area contributed by atoms with E-state index in [4.69, 9.17) is 34.8 Å². The summed E-state index contributed by atoms with van der Waals surface area (Å²) in [6.45, 7) is 0. The number of aliphatic hydroxyl groups excluding tert-OH is 1. The standard InChI is InChI=1S/C11H9Cl3N2O/c1-16-8(13)5-15-11(16)10(17)6-3-2-4-7(12)9(6)14/h2-5,10,17H,1H3. The Bertz CT molecular complexity index is 554. The van der Waals surface area contributed by atoms with Crippen LogP contribution in [0, 0.1) is 0 Å². The number of aromatic nitrogens is 2. The summed E-state index contributed by atoms with van der Waals surface area (Å²) < 4.78 is 1.59. The minimum atomic E-state index is -0.960. The van der Waals surface area contributed by atoms with Gasteiger partial charge in [0.05, 0.1) is 16.2 Å². The van der Waals surface area contributed by atoms with Gasteiger partial charge >= 0.3 is 0 Å². The van der Waals surface area contributed by atoms with Crippen molar-refractivity contribution in [3.05, 3.63) is 51.0 Å².